The predicted octanol–water partition coefficient (Wildman–Crippen LogP) is 2.65. The van der Waals surface area contributed by atoms with Crippen molar-refractivity contribution in [3.63, 3.8) is 0 Å². The van der Waals surface area contributed by atoms with Gasteiger partial charge in [0, 0.05) is 23.3 Å². The third-order valence-corrected chi connectivity index (χ3v) is 2.90. The zero-order valence-corrected chi connectivity index (χ0v) is 12.3. The highest BCUT2D eigenvalue weighted by Crippen LogP contribution is 2.23. The number of hydrogen-bond acceptors (Lipinski definition) is 2. The number of aliphatic hydroxyl groups excluding tert-OH is 1. The van der Waals surface area contributed by atoms with Gasteiger partial charge in [-0.15, -0.1) is 0 Å². The molecule has 0 heterocycles. The van der Waals surface area contributed by atoms with Crippen molar-refractivity contribution in [2.24, 2.45) is 0 Å². The van der Waals surface area contributed by atoms with Gasteiger partial charge in [-0.3, -0.25) is 4.79 Å². The van der Waals surface area contributed by atoms with Crippen LogP contribution in [0, 0.1) is 5.82 Å². The Kier molecular flexibility index (Phi) is 4.87. The lowest BCUT2D eigenvalue weighted by Gasteiger charge is -2.21. The second kappa shape index (κ2) is 5.80. The molecule has 0 saturated heterocycles. The maximum Gasteiger partial charge on any atom is 0.252 e. The van der Waals surface area contributed by atoms with Crippen LogP contribution in [0.4, 0.5) is 4.39 Å². The van der Waals surface area contributed by atoms with Gasteiger partial charge in [-0.25, -0.2) is 4.39 Å². The number of hydrogen-bond donors (Lipinski definition) is 2. The number of carbonyl (C=O) groups is 1. The molecule has 0 aliphatic carbocycles. The van der Waals surface area contributed by atoms with Gasteiger partial charge in [0.05, 0.1) is 4.47 Å². The van der Waals surface area contributed by atoms with Crippen molar-refractivity contribution >= 4 is 21.8 Å². The van der Waals surface area contributed by atoms with E-state index in [1.54, 1.807) is 6.07 Å². The minimum absolute atomic E-state index is 0.109. The lowest BCUT2D eigenvalue weighted by atomic mass is 10.0. The molecule has 0 aromatic heterocycles. The Morgan fingerprint density at radius 3 is 2.56 bits per heavy atom. The number of benzene rings is 1. The standard InChI is InChI=1S/C13H17BrFNO2/c1-13(2,3)16-12(18)9-4-5-10(14)11(15)8(9)6-7-17/h4-5,17H,6-7H2,1-3H3,(H,16,18). The summed E-state index contributed by atoms with van der Waals surface area (Å²) >= 11 is 3.07. The first-order chi connectivity index (χ1) is 8.26. The summed E-state index contributed by atoms with van der Waals surface area (Å²) in [6.07, 6.45) is 0.109. The van der Waals surface area contributed by atoms with Crippen molar-refractivity contribution in [1.29, 1.82) is 0 Å². The van der Waals surface area contributed by atoms with Gasteiger partial charge in [0.2, 0.25) is 0 Å². The largest absolute Gasteiger partial charge is 0.396 e. The van der Waals surface area contributed by atoms with Crippen molar-refractivity contribution in [3.05, 3.63) is 33.5 Å². The van der Waals surface area contributed by atoms with Crippen LogP contribution in [0.2, 0.25) is 0 Å². The lowest BCUT2D eigenvalue weighted by Crippen LogP contribution is -2.41. The number of halogens is 2. The van der Waals surface area contributed by atoms with Crippen LogP contribution in [0.25, 0.3) is 0 Å². The average molecular weight is 318 g/mol. The second-order valence-corrected chi connectivity index (χ2v) is 5.92. The molecule has 0 fully saturated rings. The number of carbonyl (C=O) groups excluding carboxylic acids is 1. The van der Waals surface area contributed by atoms with Gasteiger partial charge in [-0.1, -0.05) is 0 Å². The van der Waals surface area contributed by atoms with Crippen LogP contribution >= 0.6 is 15.9 Å². The first kappa shape index (κ1) is 15.1. The summed E-state index contributed by atoms with van der Waals surface area (Å²) in [7, 11) is 0. The van der Waals surface area contributed by atoms with Gasteiger partial charge in [0.1, 0.15) is 5.82 Å². The molecule has 1 aromatic carbocycles. The van der Waals surface area contributed by atoms with Crippen LogP contribution in [-0.2, 0) is 6.42 Å². The zero-order chi connectivity index (χ0) is 13.9. The molecule has 0 aliphatic rings. The molecular weight excluding hydrogens is 301 g/mol. The summed E-state index contributed by atoms with van der Waals surface area (Å²) < 4.78 is 14.2. The SMILES string of the molecule is CC(C)(C)NC(=O)c1ccc(Br)c(F)c1CCO. The summed E-state index contributed by atoms with van der Waals surface area (Å²) in [6, 6.07) is 3.05. The van der Waals surface area contributed by atoms with E-state index >= 15 is 0 Å². The molecule has 2 N–H and O–H groups in total. The number of rotatable bonds is 3. The van der Waals surface area contributed by atoms with Gasteiger partial charge in [-0.05, 0) is 55.3 Å². The fraction of sp³-hybridized carbons (Fsp3) is 0.462. The molecule has 1 amide bonds. The Hall–Kier alpha value is -0.940. The van der Waals surface area contributed by atoms with E-state index in [1.165, 1.54) is 6.07 Å². The van der Waals surface area contributed by atoms with Crippen molar-refractivity contribution in [3.8, 4) is 0 Å². The van der Waals surface area contributed by atoms with E-state index in [9.17, 15) is 9.18 Å². The van der Waals surface area contributed by atoms with Crippen molar-refractivity contribution in [2.45, 2.75) is 32.7 Å². The van der Waals surface area contributed by atoms with E-state index in [0.29, 0.717) is 4.47 Å². The zero-order valence-electron chi connectivity index (χ0n) is 10.7. The molecule has 0 bridgehead atoms. The Labute approximate surface area is 115 Å². The van der Waals surface area contributed by atoms with Crippen LogP contribution < -0.4 is 5.32 Å². The molecule has 5 heteroatoms. The lowest BCUT2D eigenvalue weighted by molar-refractivity contribution is 0.0917. The fourth-order valence-corrected chi connectivity index (χ4v) is 1.94. The molecule has 18 heavy (non-hydrogen) atoms. The molecule has 1 aromatic rings. The van der Waals surface area contributed by atoms with Crippen molar-refractivity contribution in [2.75, 3.05) is 6.61 Å². The van der Waals surface area contributed by atoms with Gasteiger partial charge in [-0.2, -0.15) is 0 Å². The predicted molar refractivity (Wildman–Crippen MR) is 72.1 cm³/mol. The van der Waals surface area contributed by atoms with Gasteiger partial charge in [0.25, 0.3) is 5.91 Å². The van der Waals surface area contributed by atoms with E-state index in [2.05, 4.69) is 21.2 Å². The monoisotopic (exact) mass is 317 g/mol. The number of nitrogens with one attached hydrogen (secondary N) is 1. The molecule has 0 unspecified atom stereocenters. The molecule has 0 aliphatic heterocycles. The van der Waals surface area contributed by atoms with Crippen molar-refractivity contribution < 1.29 is 14.3 Å². The minimum atomic E-state index is -0.495. The van der Waals surface area contributed by atoms with Crippen LogP contribution in [0.15, 0.2) is 16.6 Å². The van der Waals surface area contributed by atoms with E-state index in [1.807, 2.05) is 20.8 Å². The molecule has 0 atom stereocenters. The van der Waals surface area contributed by atoms with E-state index < -0.39 is 11.4 Å². The summed E-state index contributed by atoms with van der Waals surface area (Å²) in [5.74, 6) is -0.831. The molecule has 1 rings (SSSR count). The van der Waals surface area contributed by atoms with E-state index in [-0.39, 0.29) is 30.1 Å². The topological polar surface area (TPSA) is 49.3 Å². The van der Waals surface area contributed by atoms with E-state index in [4.69, 9.17) is 5.11 Å². The summed E-state index contributed by atoms with van der Waals surface area (Å²) in [5.41, 5.74) is 0.102. The highest BCUT2D eigenvalue weighted by molar-refractivity contribution is 9.10. The normalized spacial score (nSPS) is 11.4. The van der Waals surface area contributed by atoms with Crippen LogP contribution in [0.3, 0.4) is 0 Å². The van der Waals surface area contributed by atoms with Gasteiger partial charge in [0.15, 0.2) is 0 Å². The Bertz CT molecular complexity index is 455. The fourth-order valence-electron chi connectivity index (χ4n) is 1.57. The van der Waals surface area contributed by atoms with Gasteiger partial charge < -0.3 is 10.4 Å². The molecule has 0 spiro atoms. The van der Waals surface area contributed by atoms with Crippen molar-refractivity contribution in [1.82, 2.24) is 5.32 Å². The quantitative estimate of drug-likeness (QED) is 0.900. The third kappa shape index (κ3) is 3.78. The number of amides is 1. The molecule has 100 valence electrons. The molecular formula is C13H17BrFNO2. The first-order valence-corrected chi connectivity index (χ1v) is 6.46. The Morgan fingerprint density at radius 2 is 2.06 bits per heavy atom. The summed E-state index contributed by atoms with van der Waals surface area (Å²) in [4.78, 5) is 12.0. The molecule has 3 nitrogen and oxygen atoms in total. The highest BCUT2D eigenvalue weighted by atomic mass is 79.9. The Balaban J connectivity index is 3.16. The maximum atomic E-state index is 13.9. The average Bonchev–Trinajstić information content (AvgIpc) is 2.22. The van der Waals surface area contributed by atoms with Crippen LogP contribution in [-0.4, -0.2) is 23.2 Å². The first-order valence-electron chi connectivity index (χ1n) is 5.66. The summed E-state index contributed by atoms with van der Waals surface area (Å²) in [6.45, 7) is 5.35. The highest BCUT2D eigenvalue weighted by Gasteiger charge is 2.20. The van der Waals surface area contributed by atoms with Crippen LogP contribution in [0.1, 0.15) is 36.7 Å². The summed E-state index contributed by atoms with van der Waals surface area (Å²) in [5, 5.41) is 11.7. The van der Waals surface area contributed by atoms with Crippen LogP contribution in [0.5, 0.6) is 0 Å². The third-order valence-electron chi connectivity index (χ3n) is 2.29. The number of aliphatic hydroxyl groups is 1. The molecule has 0 saturated carbocycles. The minimum Gasteiger partial charge on any atom is -0.396 e. The molecule has 0 radical (unpaired) electrons. The van der Waals surface area contributed by atoms with E-state index in [0.717, 1.165) is 0 Å². The second-order valence-electron chi connectivity index (χ2n) is 5.07. The Morgan fingerprint density at radius 1 is 1.44 bits per heavy atom. The van der Waals surface area contributed by atoms with Gasteiger partial charge >= 0.3 is 0 Å². The smallest absolute Gasteiger partial charge is 0.252 e. The maximum absolute atomic E-state index is 13.9.